The molecular formula is C11H19N5O3S. The van der Waals surface area contributed by atoms with Crippen LogP contribution in [0, 0.1) is 5.92 Å². The van der Waals surface area contributed by atoms with Crippen LogP contribution in [-0.2, 0) is 21.9 Å². The van der Waals surface area contributed by atoms with E-state index >= 15 is 0 Å². The Morgan fingerprint density at radius 3 is 2.50 bits per heavy atom. The summed E-state index contributed by atoms with van der Waals surface area (Å²) < 4.78 is 27.8. The number of nitrogens with zero attached hydrogens (tertiary/aromatic N) is 3. The number of primary amides is 1. The molecule has 0 bridgehead atoms. The summed E-state index contributed by atoms with van der Waals surface area (Å²) >= 11 is 0. The molecule has 9 heteroatoms. The van der Waals surface area contributed by atoms with Crippen LogP contribution in [0.4, 0.5) is 5.82 Å². The molecule has 0 aromatic carbocycles. The molecule has 1 aliphatic heterocycles. The van der Waals surface area contributed by atoms with Crippen molar-refractivity contribution in [3.05, 3.63) is 6.33 Å². The summed E-state index contributed by atoms with van der Waals surface area (Å²) in [6.45, 7) is 0.732. The summed E-state index contributed by atoms with van der Waals surface area (Å²) in [5, 5.41) is 0.0193. The molecule has 2 heterocycles. The molecule has 1 aliphatic rings. The van der Waals surface area contributed by atoms with Gasteiger partial charge in [-0.1, -0.05) is 0 Å². The van der Waals surface area contributed by atoms with E-state index in [4.69, 9.17) is 11.5 Å². The van der Waals surface area contributed by atoms with Gasteiger partial charge in [0.1, 0.15) is 0 Å². The van der Waals surface area contributed by atoms with Gasteiger partial charge in [0, 0.05) is 26.6 Å². The summed E-state index contributed by atoms with van der Waals surface area (Å²) in [6.07, 6.45) is 2.93. The normalized spacial score (nSPS) is 18.2. The fraction of sp³-hybridized carbons (Fsp3) is 0.636. The number of aryl methyl sites for hydroxylation is 1. The van der Waals surface area contributed by atoms with E-state index in [0.29, 0.717) is 32.4 Å². The van der Waals surface area contributed by atoms with E-state index in [-0.39, 0.29) is 22.7 Å². The maximum absolute atomic E-state index is 12.5. The standard InChI is InChI=1S/C11H19N5O3S/c1-15-7-14-10(13)11(15)20(18,19)16-4-2-8(3-5-16)6-9(12)17/h7-8H,2-6,13H2,1H3,(H2,12,17). The molecule has 1 aromatic heterocycles. The fourth-order valence-electron chi connectivity index (χ4n) is 2.51. The molecule has 1 aromatic rings. The van der Waals surface area contributed by atoms with Gasteiger partial charge in [0.05, 0.1) is 6.33 Å². The van der Waals surface area contributed by atoms with E-state index in [2.05, 4.69) is 4.98 Å². The largest absolute Gasteiger partial charge is 0.381 e. The number of imidazole rings is 1. The average molecular weight is 301 g/mol. The number of anilines is 1. The quantitative estimate of drug-likeness (QED) is 0.759. The van der Waals surface area contributed by atoms with Crippen molar-refractivity contribution in [3.63, 3.8) is 0 Å². The second-order valence-electron chi connectivity index (χ2n) is 5.06. The highest BCUT2D eigenvalue weighted by atomic mass is 32.2. The Labute approximate surface area is 117 Å². The zero-order valence-electron chi connectivity index (χ0n) is 11.3. The van der Waals surface area contributed by atoms with Gasteiger partial charge in [0.2, 0.25) is 5.91 Å². The molecule has 1 amide bonds. The first-order valence-electron chi connectivity index (χ1n) is 6.37. The number of aromatic nitrogens is 2. The SMILES string of the molecule is Cn1cnc(N)c1S(=O)(=O)N1CCC(CC(N)=O)CC1. The highest BCUT2D eigenvalue weighted by Gasteiger charge is 2.33. The van der Waals surface area contributed by atoms with E-state index < -0.39 is 10.0 Å². The van der Waals surface area contributed by atoms with Gasteiger partial charge in [-0.15, -0.1) is 0 Å². The molecule has 0 aliphatic carbocycles. The number of carbonyl (C=O) groups is 1. The van der Waals surface area contributed by atoms with E-state index in [1.54, 1.807) is 7.05 Å². The Balaban J connectivity index is 2.12. The first-order valence-corrected chi connectivity index (χ1v) is 7.81. The highest BCUT2D eigenvalue weighted by molar-refractivity contribution is 7.89. The topological polar surface area (TPSA) is 124 Å². The number of sulfonamides is 1. The minimum absolute atomic E-state index is 0.00626. The van der Waals surface area contributed by atoms with Crippen molar-refractivity contribution in [2.45, 2.75) is 24.3 Å². The van der Waals surface area contributed by atoms with E-state index in [9.17, 15) is 13.2 Å². The van der Waals surface area contributed by atoms with E-state index in [1.165, 1.54) is 15.2 Å². The lowest BCUT2D eigenvalue weighted by Crippen LogP contribution is -2.40. The second-order valence-corrected chi connectivity index (χ2v) is 6.92. The summed E-state index contributed by atoms with van der Waals surface area (Å²) in [6, 6.07) is 0. The maximum Gasteiger partial charge on any atom is 0.262 e. The summed E-state index contributed by atoms with van der Waals surface area (Å²) in [7, 11) is -2.05. The van der Waals surface area contributed by atoms with Crippen LogP contribution in [0.5, 0.6) is 0 Å². The predicted molar refractivity (Wildman–Crippen MR) is 72.9 cm³/mol. The van der Waals surface area contributed by atoms with Crippen molar-refractivity contribution < 1.29 is 13.2 Å². The van der Waals surface area contributed by atoms with E-state index in [0.717, 1.165) is 0 Å². The number of amides is 1. The first-order chi connectivity index (χ1) is 9.32. The molecule has 112 valence electrons. The van der Waals surface area contributed by atoms with Gasteiger partial charge in [0.15, 0.2) is 10.8 Å². The lowest BCUT2D eigenvalue weighted by molar-refractivity contribution is -0.119. The first kappa shape index (κ1) is 14.8. The lowest BCUT2D eigenvalue weighted by atomic mass is 9.94. The third kappa shape index (κ3) is 2.78. The molecular weight excluding hydrogens is 282 g/mol. The molecule has 0 spiro atoms. The molecule has 0 atom stereocenters. The van der Waals surface area contributed by atoms with Gasteiger partial charge in [-0.2, -0.15) is 4.31 Å². The van der Waals surface area contributed by atoms with Gasteiger partial charge < -0.3 is 16.0 Å². The van der Waals surface area contributed by atoms with E-state index in [1.807, 2.05) is 0 Å². The van der Waals surface area contributed by atoms with Crippen molar-refractivity contribution in [3.8, 4) is 0 Å². The number of rotatable bonds is 4. The molecule has 1 fully saturated rings. The minimum atomic E-state index is -3.64. The average Bonchev–Trinajstić information content (AvgIpc) is 2.69. The van der Waals surface area contributed by atoms with Gasteiger partial charge in [0.25, 0.3) is 10.0 Å². The van der Waals surface area contributed by atoms with Gasteiger partial charge in [-0.05, 0) is 18.8 Å². The fourth-order valence-corrected chi connectivity index (χ4v) is 4.18. The van der Waals surface area contributed by atoms with Crippen LogP contribution in [0.15, 0.2) is 11.4 Å². The Morgan fingerprint density at radius 2 is 2.05 bits per heavy atom. The molecule has 20 heavy (non-hydrogen) atoms. The van der Waals surface area contributed by atoms with Crippen molar-refractivity contribution in [2.24, 2.45) is 18.7 Å². The van der Waals surface area contributed by atoms with Crippen molar-refractivity contribution in [1.29, 1.82) is 0 Å². The highest BCUT2D eigenvalue weighted by Crippen LogP contribution is 2.27. The third-order valence-corrected chi connectivity index (χ3v) is 5.59. The molecule has 1 saturated heterocycles. The smallest absolute Gasteiger partial charge is 0.262 e. The number of hydrogen-bond acceptors (Lipinski definition) is 5. The molecule has 4 N–H and O–H groups in total. The third-order valence-electron chi connectivity index (χ3n) is 3.56. The van der Waals surface area contributed by atoms with Crippen LogP contribution in [0.2, 0.25) is 0 Å². The Kier molecular flexibility index (Phi) is 4.00. The number of nitrogen functional groups attached to an aromatic ring is 1. The second kappa shape index (κ2) is 5.41. The van der Waals surface area contributed by atoms with Gasteiger partial charge >= 0.3 is 0 Å². The number of nitrogens with two attached hydrogens (primary N) is 2. The molecule has 2 rings (SSSR count). The molecule has 0 unspecified atom stereocenters. The number of piperidine rings is 1. The minimum Gasteiger partial charge on any atom is -0.381 e. The summed E-state index contributed by atoms with van der Waals surface area (Å²) in [5.74, 6) is -0.184. The zero-order valence-corrected chi connectivity index (χ0v) is 12.1. The number of carbonyl (C=O) groups excluding carboxylic acids is 1. The van der Waals surface area contributed by atoms with Crippen LogP contribution in [-0.4, -0.2) is 41.3 Å². The van der Waals surface area contributed by atoms with Gasteiger partial charge in [-0.3, -0.25) is 4.79 Å². The van der Waals surface area contributed by atoms with Crippen LogP contribution >= 0.6 is 0 Å². The predicted octanol–water partition coefficient (Wildman–Crippen LogP) is -0.722. The van der Waals surface area contributed by atoms with Crippen LogP contribution in [0.25, 0.3) is 0 Å². The van der Waals surface area contributed by atoms with Crippen LogP contribution < -0.4 is 11.5 Å². The Bertz CT molecular complexity index is 582. The van der Waals surface area contributed by atoms with Crippen LogP contribution in [0.1, 0.15) is 19.3 Å². The summed E-state index contributed by atoms with van der Waals surface area (Å²) in [5.41, 5.74) is 10.8. The van der Waals surface area contributed by atoms with Crippen molar-refractivity contribution in [1.82, 2.24) is 13.9 Å². The summed E-state index contributed by atoms with van der Waals surface area (Å²) in [4.78, 5) is 14.7. The molecule has 8 nitrogen and oxygen atoms in total. The Morgan fingerprint density at radius 1 is 1.45 bits per heavy atom. The Hall–Kier alpha value is -1.61. The zero-order chi connectivity index (χ0) is 14.9. The monoisotopic (exact) mass is 301 g/mol. The van der Waals surface area contributed by atoms with Crippen molar-refractivity contribution >= 4 is 21.7 Å². The van der Waals surface area contributed by atoms with Crippen molar-refractivity contribution in [2.75, 3.05) is 18.8 Å². The van der Waals surface area contributed by atoms with Gasteiger partial charge in [-0.25, -0.2) is 13.4 Å². The molecule has 0 saturated carbocycles. The number of hydrogen-bond donors (Lipinski definition) is 2. The maximum atomic E-state index is 12.5. The lowest BCUT2D eigenvalue weighted by Gasteiger charge is -2.30. The van der Waals surface area contributed by atoms with Crippen LogP contribution in [0.3, 0.4) is 0 Å². The molecule has 0 radical (unpaired) electrons.